The van der Waals surface area contributed by atoms with E-state index in [0.717, 1.165) is 30.6 Å². The summed E-state index contributed by atoms with van der Waals surface area (Å²) in [6.45, 7) is 0.263. The number of nitrogens with zero attached hydrogens (tertiary/aromatic N) is 1. The number of aliphatic hydroxyl groups excluding tert-OH is 1. The second kappa shape index (κ2) is 5.19. The zero-order valence-corrected chi connectivity index (χ0v) is 11.4. The molecular formula is C9H13ClN2O3S2. The van der Waals surface area contributed by atoms with Crippen molar-refractivity contribution in [1.29, 1.82) is 0 Å². The van der Waals surface area contributed by atoms with E-state index >= 15 is 0 Å². The van der Waals surface area contributed by atoms with Crippen LogP contribution in [-0.2, 0) is 10.0 Å². The predicted molar refractivity (Wildman–Crippen MR) is 65.7 cm³/mol. The molecule has 2 unspecified atom stereocenters. The first-order chi connectivity index (χ1) is 7.99. The SMILES string of the molecule is O=S(=O)(NCC1CCCC1O)c1cnc(Cl)s1. The Hall–Kier alpha value is -0.210. The molecule has 1 aliphatic rings. The van der Waals surface area contributed by atoms with Gasteiger partial charge in [-0.05, 0) is 18.8 Å². The molecule has 2 N–H and O–H groups in total. The van der Waals surface area contributed by atoms with Gasteiger partial charge in [-0.2, -0.15) is 0 Å². The second-order valence-electron chi connectivity index (χ2n) is 4.04. The summed E-state index contributed by atoms with van der Waals surface area (Å²) >= 11 is 6.51. The van der Waals surface area contributed by atoms with E-state index in [4.69, 9.17) is 11.6 Å². The zero-order valence-electron chi connectivity index (χ0n) is 8.97. The van der Waals surface area contributed by atoms with Crippen LogP contribution in [0.5, 0.6) is 0 Å². The highest BCUT2D eigenvalue weighted by molar-refractivity contribution is 7.91. The second-order valence-corrected chi connectivity index (χ2v) is 7.65. The predicted octanol–water partition coefficient (Wildman–Crippen LogP) is 1.24. The van der Waals surface area contributed by atoms with Gasteiger partial charge in [-0.3, -0.25) is 0 Å². The summed E-state index contributed by atoms with van der Waals surface area (Å²) in [7, 11) is -3.54. The van der Waals surface area contributed by atoms with Gasteiger partial charge in [-0.1, -0.05) is 29.4 Å². The Morgan fingerprint density at radius 3 is 2.88 bits per heavy atom. The Labute approximate surface area is 109 Å². The zero-order chi connectivity index (χ0) is 12.5. The molecule has 2 atom stereocenters. The van der Waals surface area contributed by atoms with Crippen molar-refractivity contribution in [3.05, 3.63) is 10.7 Å². The molecule has 2 rings (SSSR count). The van der Waals surface area contributed by atoms with E-state index in [2.05, 4.69) is 9.71 Å². The van der Waals surface area contributed by atoms with Crippen LogP contribution in [0.4, 0.5) is 0 Å². The van der Waals surface area contributed by atoms with Crippen LogP contribution in [-0.4, -0.2) is 31.2 Å². The average molecular weight is 297 g/mol. The van der Waals surface area contributed by atoms with Crippen LogP contribution in [0.2, 0.25) is 4.47 Å². The summed E-state index contributed by atoms with van der Waals surface area (Å²) in [4.78, 5) is 3.69. The molecule has 0 saturated heterocycles. The van der Waals surface area contributed by atoms with Gasteiger partial charge in [-0.25, -0.2) is 18.1 Å². The number of sulfonamides is 1. The van der Waals surface area contributed by atoms with Gasteiger partial charge in [0.25, 0.3) is 10.0 Å². The third kappa shape index (κ3) is 3.17. The quantitative estimate of drug-likeness (QED) is 0.876. The van der Waals surface area contributed by atoms with Crippen molar-refractivity contribution in [2.75, 3.05) is 6.54 Å². The van der Waals surface area contributed by atoms with Gasteiger partial charge in [0.1, 0.15) is 0 Å². The van der Waals surface area contributed by atoms with Gasteiger partial charge in [-0.15, -0.1) is 0 Å². The molecule has 0 aliphatic heterocycles. The van der Waals surface area contributed by atoms with Gasteiger partial charge >= 0.3 is 0 Å². The summed E-state index contributed by atoms with van der Waals surface area (Å²) in [6.07, 6.45) is 3.38. The smallest absolute Gasteiger partial charge is 0.251 e. The highest BCUT2D eigenvalue weighted by atomic mass is 35.5. The number of nitrogens with one attached hydrogen (secondary N) is 1. The topological polar surface area (TPSA) is 79.3 Å². The molecule has 8 heteroatoms. The fourth-order valence-electron chi connectivity index (χ4n) is 1.91. The van der Waals surface area contributed by atoms with Gasteiger partial charge in [0, 0.05) is 6.54 Å². The molecule has 0 radical (unpaired) electrons. The summed E-state index contributed by atoms with van der Waals surface area (Å²) in [5.41, 5.74) is 0. The van der Waals surface area contributed by atoms with E-state index in [1.54, 1.807) is 0 Å². The monoisotopic (exact) mass is 296 g/mol. The maximum atomic E-state index is 11.8. The largest absolute Gasteiger partial charge is 0.393 e. The van der Waals surface area contributed by atoms with Crippen molar-refractivity contribution < 1.29 is 13.5 Å². The van der Waals surface area contributed by atoms with Crippen molar-refractivity contribution >= 4 is 33.0 Å². The lowest BCUT2D eigenvalue weighted by atomic mass is 10.1. The Kier molecular flexibility index (Phi) is 4.04. The third-order valence-corrected chi connectivity index (χ3v) is 5.88. The molecule has 0 bridgehead atoms. The number of aliphatic hydroxyl groups is 1. The molecule has 96 valence electrons. The Morgan fingerprint density at radius 2 is 2.35 bits per heavy atom. The van der Waals surface area contributed by atoms with Crippen LogP contribution < -0.4 is 4.72 Å². The normalized spacial score (nSPS) is 25.3. The number of hydrogen-bond donors (Lipinski definition) is 2. The summed E-state index contributed by atoms with van der Waals surface area (Å²) in [5, 5.41) is 9.59. The van der Waals surface area contributed by atoms with E-state index in [0.29, 0.717) is 0 Å². The fourth-order valence-corrected chi connectivity index (χ4v) is 4.34. The molecular weight excluding hydrogens is 284 g/mol. The molecule has 5 nitrogen and oxygen atoms in total. The minimum absolute atomic E-state index is 0.00756. The maximum Gasteiger partial charge on any atom is 0.251 e. The number of aromatic nitrogens is 1. The van der Waals surface area contributed by atoms with Crippen molar-refractivity contribution in [2.24, 2.45) is 5.92 Å². The van der Waals surface area contributed by atoms with Gasteiger partial charge < -0.3 is 5.11 Å². The third-order valence-electron chi connectivity index (χ3n) is 2.88. The van der Waals surface area contributed by atoms with E-state index in [1.807, 2.05) is 0 Å². The minimum Gasteiger partial charge on any atom is -0.393 e. The number of thiazole rings is 1. The van der Waals surface area contributed by atoms with Crippen LogP contribution in [0.3, 0.4) is 0 Å². The first-order valence-corrected chi connectivity index (χ1v) is 7.96. The molecule has 0 aromatic carbocycles. The van der Waals surface area contributed by atoms with Crippen molar-refractivity contribution in [2.45, 2.75) is 29.6 Å². The summed E-state index contributed by atoms with van der Waals surface area (Å²) in [6, 6.07) is 0. The Bertz CT molecular complexity index is 488. The molecule has 17 heavy (non-hydrogen) atoms. The summed E-state index contributed by atoms with van der Waals surface area (Å²) in [5.74, 6) is 0.00756. The Morgan fingerprint density at radius 1 is 1.59 bits per heavy atom. The van der Waals surface area contributed by atoms with Gasteiger partial charge in [0.15, 0.2) is 8.68 Å². The first kappa shape index (κ1) is 13.2. The van der Waals surface area contributed by atoms with Crippen molar-refractivity contribution in [3.8, 4) is 0 Å². The van der Waals surface area contributed by atoms with Crippen LogP contribution >= 0.6 is 22.9 Å². The lowest BCUT2D eigenvalue weighted by Gasteiger charge is -2.14. The molecule has 1 aromatic rings. The van der Waals surface area contributed by atoms with Crippen molar-refractivity contribution in [3.63, 3.8) is 0 Å². The number of rotatable bonds is 4. The van der Waals surface area contributed by atoms with E-state index in [-0.39, 0.29) is 21.1 Å². The molecule has 1 aliphatic carbocycles. The maximum absolute atomic E-state index is 11.8. The van der Waals surface area contributed by atoms with Gasteiger partial charge in [0.05, 0.1) is 12.3 Å². The summed E-state index contributed by atoms with van der Waals surface area (Å²) < 4.78 is 26.4. The van der Waals surface area contributed by atoms with Crippen LogP contribution in [0.25, 0.3) is 0 Å². The highest BCUT2D eigenvalue weighted by Gasteiger charge is 2.27. The Balaban J connectivity index is 1.98. The van der Waals surface area contributed by atoms with E-state index in [9.17, 15) is 13.5 Å². The molecule has 1 fully saturated rings. The van der Waals surface area contributed by atoms with Gasteiger partial charge in [0.2, 0.25) is 0 Å². The standard InChI is InChI=1S/C9H13ClN2O3S2/c10-9-11-5-8(16-9)17(14,15)12-4-6-2-1-3-7(6)13/h5-7,12-13H,1-4H2. The molecule has 1 heterocycles. The molecule has 0 amide bonds. The molecule has 0 spiro atoms. The van der Waals surface area contributed by atoms with Crippen LogP contribution in [0, 0.1) is 5.92 Å². The lowest BCUT2D eigenvalue weighted by Crippen LogP contribution is -2.32. The minimum atomic E-state index is -3.54. The lowest BCUT2D eigenvalue weighted by molar-refractivity contribution is 0.134. The van der Waals surface area contributed by atoms with E-state index in [1.165, 1.54) is 6.20 Å². The fraction of sp³-hybridized carbons (Fsp3) is 0.667. The average Bonchev–Trinajstić information content (AvgIpc) is 2.85. The number of halogens is 1. The van der Waals surface area contributed by atoms with Crippen LogP contribution in [0.1, 0.15) is 19.3 Å². The van der Waals surface area contributed by atoms with E-state index < -0.39 is 16.1 Å². The molecule has 1 saturated carbocycles. The molecule has 1 aromatic heterocycles. The number of hydrogen-bond acceptors (Lipinski definition) is 5. The first-order valence-electron chi connectivity index (χ1n) is 5.28. The van der Waals surface area contributed by atoms with Crippen LogP contribution in [0.15, 0.2) is 10.4 Å². The highest BCUT2D eigenvalue weighted by Crippen LogP contribution is 2.26. The van der Waals surface area contributed by atoms with Crippen molar-refractivity contribution in [1.82, 2.24) is 9.71 Å².